The van der Waals surface area contributed by atoms with E-state index in [4.69, 9.17) is 0 Å². The number of quaternary nitrogens is 6. The van der Waals surface area contributed by atoms with Gasteiger partial charge >= 0.3 is 0 Å². The molecule has 366 valence electrons. The second kappa shape index (κ2) is 33.9. The molecule has 0 saturated heterocycles. The number of aryl methyl sites for hydroxylation is 2. The number of nitrogens with zero attached hydrogens (tertiary/aromatic N) is 1. The van der Waals surface area contributed by atoms with Crippen molar-refractivity contribution in [1.82, 2.24) is 4.98 Å². The predicted molar refractivity (Wildman–Crippen MR) is 288 cm³/mol. The van der Waals surface area contributed by atoms with Gasteiger partial charge in [0, 0.05) is 81.0 Å². The number of pyridine rings is 1. The maximum atomic E-state index is 4.00. The SMILES string of the molecule is [CH2-][NH+](C)Cc1ccc2ccccc2c1.[CH2-][NH+](C)Cc1cccc(C)c1.[CH2-][NH+](C)Cc1ccccc1C.[CH2-][NH+](C)Cc1cccnc1.[CH2-][NH+](C)[C@@H](C)c1ccccc1.[CH2-][NH+](CC)Cc1ccccc1. The zero-order valence-electron chi connectivity index (χ0n) is 43.3. The van der Waals surface area contributed by atoms with Gasteiger partial charge in [-0.05, 0) is 56.2 Å². The van der Waals surface area contributed by atoms with Gasteiger partial charge in [-0.3, -0.25) is 4.98 Å². The first kappa shape index (κ1) is 58.6. The first-order valence-electron chi connectivity index (χ1n) is 23.9. The summed E-state index contributed by atoms with van der Waals surface area (Å²) in [6.45, 7) is 14.6. The highest BCUT2D eigenvalue weighted by Gasteiger charge is 2.05. The van der Waals surface area contributed by atoms with Crippen LogP contribution >= 0.6 is 0 Å². The van der Waals surface area contributed by atoms with Crippen LogP contribution in [-0.4, -0.2) is 46.8 Å². The monoisotopic (exact) mass is 918 g/mol. The predicted octanol–water partition coefficient (Wildman–Crippen LogP) is 5.07. The lowest BCUT2D eigenvalue weighted by Gasteiger charge is -2.23. The Morgan fingerprint density at radius 1 is 0.456 bits per heavy atom. The Bertz CT molecular complexity index is 2310. The van der Waals surface area contributed by atoms with Crippen LogP contribution in [0.3, 0.4) is 0 Å². The van der Waals surface area contributed by atoms with Crippen LogP contribution in [0.1, 0.15) is 64.4 Å². The van der Waals surface area contributed by atoms with Crippen LogP contribution in [0.15, 0.2) is 176 Å². The van der Waals surface area contributed by atoms with Crippen LogP contribution in [0.4, 0.5) is 0 Å². The number of benzene rings is 6. The smallest absolute Gasteiger partial charge is 0.0860 e. The van der Waals surface area contributed by atoms with Crippen molar-refractivity contribution in [1.29, 1.82) is 0 Å². The van der Waals surface area contributed by atoms with E-state index >= 15 is 0 Å². The van der Waals surface area contributed by atoms with E-state index < -0.39 is 0 Å². The van der Waals surface area contributed by atoms with E-state index in [1.807, 2.05) is 31.4 Å². The summed E-state index contributed by atoms with van der Waals surface area (Å²) < 4.78 is 0. The highest BCUT2D eigenvalue weighted by atomic mass is 15.1. The van der Waals surface area contributed by atoms with Gasteiger partial charge < -0.3 is 29.4 Å². The van der Waals surface area contributed by atoms with E-state index in [9.17, 15) is 0 Å². The van der Waals surface area contributed by atoms with Crippen molar-refractivity contribution >= 4 is 10.8 Å². The number of hydrogen-bond donors (Lipinski definition) is 6. The van der Waals surface area contributed by atoms with Crippen LogP contribution in [-0.2, 0) is 32.7 Å². The van der Waals surface area contributed by atoms with E-state index in [-0.39, 0.29) is 0 Å². The zero-order valence-corrected chi connectivity index (χ0v) is 43.3. The summed E-state index contributed by atoms with van der Waals surface area (Å²) in [5.41, 5.74) is 10.7. The molecule has 1 aromatic heterocycles. The van der Waals surface area contributed by atoms with Gasteiger partial charge in [-0.25, -0.2) is 0 Å². The second-order valence-corrected chi connectivity index (χ2v) is 18.2. The molecule has 7 aromatic rings. The average Bonchev–Trinajstić information content (AvgIpc) is 3.31. The summed E-state index contributed by atoms with van der Waals surface area (Å²) in [5, 5.41) is 2.62. The van der Waals surface area contributed by atoms with Crippen molar-refractivity contribution in [3.63, 3.8) is 0 Å². The van der Waals surface area contributed by atoms with Crippen LogP contribution in [0.5, 0.6) is 0 Å². The summed E-state index contributed by atoms with van der Waals surface area (Å²) in [6.07, 6.45) is 3.65. The maximum absolute atomic E-state index is 4.00. The molecule has 1 heterocycles. The van der Waals surface area contributed by atoms with E-state index in [0.717, 1.165) is 39.3 Å². The first-order valence-corrected chi connectivity index (χ1v) is 23.9. The van der Waals surface area contributed by atoms with Crippen molar-refractivity contribution < 1.29 is 29.4 Å². The molecule has 0 aliphatic rings. The van der Waals surface area contributed by atoms with E-state index in [0.29, 0.717) is 6.04 Å². The molecule has 7 nitrogen and oxygen atoms in total. The van der Waals surface area contributed by atoms with Gasteiger partial charge in [0.1, 0.15) is 0 Å². The van der Waals surface area contributed by atoms with Crippen LogP contribution in [0.2, 0.25) is 0 Å². The molecular formula is C61H87N7. The summed E-state index contributed by atoms with van der Waals surface area (Å²) in [7, 11) is 33.7. The highest BCUT2D eigenvalue weighted by Crippen LogP contribution is 2.15. The molecular weight excluding hydrogens is 831 g/mol. The molecule has 0 aliphatic carbocycles. The lowest BCUT2D eigenvalue weighted by atomic mass is 10.1. The molecule has 68 heavy (non-hydrogen) atoms. The first-order chi connectivity index (χ1) is 32.5. The Morgan fingerprint density at radius 3 is 1.49 bits per heavy atom. The fourth-order valence-electron chi connectivity index (χ4n) is 6.89. The summed E-state index contributed by atoms with van der Waals surface area (Å²) in [6, 6.07) is 57.4. The normalized spacial score (nSPS) is 13.5. The summed E-state index contributed by atoms with van der Waals surface area (Å²) in [4.78, 5) is 11.3. The Labute approximate surface area is 414 Å². The lowest BCUT2D eigenvalue weighted by molar-refractivity contribution is -0.866. The Balaban J connectivity index is 0.000000281. The minimum Gasteiger partial charge on any atom is -0.467 e. The fourth-order valence-corrected chi connectivity index (χ4v) is 6.89. The van der Waals surface area contributed by atoms with Crippen molar-refractivity contribution in [3.8, 4) is 0 Å². The second-order valence-electron chi connectivity index (χ2n) is 18.2. The number of aromatic nitrogens is 1. The van der Waals surface area contributed by atoms with Gasteiger partial charge in [-0.1, -0.05) is 157 Å². The summed E-state index contributed by atoms with van der Waals surface area (Å²) >= 11 is 0. The molecule has 0 radical (unpaired) electrons. The Kier molecular flexibility index (Phi) is 29.2. The van der Waals surface area contributed by atoms with Crippen molar-refractivity contribution in [2.24, 2.45) is 0 Å². The third-order valence-electron chi connectivity index (χ3n) is 10.7. The molecule has 0 fully saturated rings. The molecule has 0 bridgehead atoms. The van der Waals surface area contributed by atoms with E-state index in [2.05, 4.69) is 249 Å². The topological polar surface area (TPSA) is 39.5 Å². The number of hydrogen-bond acceptors (Lipinski definition) is 1. The third-order valence-corrected chi connectivity index (χ3v) is 10.7. The van der Waals surface area contributed by atoms with Crippen LogP contribution in [0.25, 0.3) is 10.8 Å². The molecule has 7 rings (SSSR count). The van der Waals surface area contributed by atoms with Crippen LogP contribution < -0.4 is 29.4 Å². The molecule has 7 heteroatoms. The quantitative estimate of drug-likeness (QED) is 0.0901. The Morgan fingerprint density at radius 2 is 0.956 bits per heavy atom. The summed E-state index contributed by atoms with van der Waals surface area (Å²) in [5.74, 6) is 0. The van der Waals surface area contributed by atoms with Crippen molar-refractivity contribution in [3.05, 3.63) is 263 Å². The van der Waals surface area contributed by atoms with Gasteiger partial charge in [0.05, 0.1) is 45.3 Å². The zero-order chi connectivity index (χ0) is 50.3. The molecule has 0 amide bonds. The molecule has 0 spiro atoms. The lowest BCUT2D eigenvalue weighted by Crippen LogP contribution is -3.05. The number of fused-ring (bicyclic) bond motifs is 1. The molecule has 6 unspecified atom stereocenters. The van der Waals surface area contributed by atoms with E-state index in [1.165, 1.54) is 84.7 Å². The van der Waals surface area contributed by atoms with Crippen molar-refractivity contribution in [2.75, 3.05) is 41.8 Å². The Hall–Kier alpha value is -5.51. The van der Waals surface area contributed by atoms with Gasteiger partial charge in [0.25, 0.3) is 0 Å². The minimum atomic E-state index is 0.483. The van der Waals surface area contributed by atoms with Crippen molar-refractivity contribution in [2.45, 2.75) is 66.5 Å². The highest BCUT2D eigenvalue weighted by molar-refractivity contribution is 5.82. The molecule has 6 N–H and O–H groups in total. The standard InChI is InChI=1S/C13H15N.4C10H15N.C8H12N2/c1-14(2)10-11-7-8-12-5-3-4-6-13(12)9-11;1-9-5-4-6-10(7-9)8-11(2)3;1-9-6-4-5-7-10(9)8-11(2)3;1-9(11(2)3)10-7-5-4-6-8-10;1-3-11(2)9-10-7-5-4-6-8-10;1-10(2)7-8-4-3-5-9-6-8/h3-9,14H,1,10H2,2H3;2*4-7,11H,2,8H2,1,3H3;4-9,11H,2H2,1,3H3;4-8,11H,2-3,9H2,1H3;3-6,10H,1,7H2,2H3/t;;;9-;;/m...0../s1. The minimum absolute atomic E-state index is 0.483. The van der Waals surface area contributed by atoms with E-state index in [1.54, 1.807) is 6.20 Å². The van der Waals surface area contributed by atoms with Gasteiger partial charge in [0.2, 0.25) is 0 Å². The molecule has 0 aliphatic heterocycles. The van der Waals surface area contributed by atoms with Gasteiger partial charge in [-0.2, -0.15) is 42.3 Å². The number of rotatable bonds is 13. The average molecular weight is 918 g/mol. The van der Waals surface area contributed by atoms with Crippen LogP contribution in [0, 0.1) is 56.1 Å². The molecule has 7 atom stereocenters. The van der Waals surface area contributed by atoms with Gasteiger partial charge in [0.15, 0.2) is 0 Å². The van der Waals surface area contributed by atoms with Gasteiger partial charge in [-0.15, -0.1) is 0 Å². The maximum Gasteiger partial charge on any atom is 0.0860 e. The fraction of sp³-hybridized carbons (Fsp3) is 0.262. The third kappa shape index (κ3) is 26.7. The largest absolute Gasteiger partial charge is 0.467 e. The molecule has 6 aromatic carbocycles. The number of nitrogens with one attached hydrogen (secondary N) is 6. The molecule has 0 saturated carbocycles.